The number of rotatable bonds is 9. The lowest BCUT2D eigenvalue weighted by molar-refractivity contribution is -0.138. The van der Waals surface area contributed by atoms with E-state index in [1.165, 1.54) is 6.07 Å². The zero-order valence-electron chi connectivity index (χ0n) is 18.0. The van der Waals surface area contributed by atoms with Crippen LogP contribution < -0.4 is 16.1 Å². The average molecular weight is 497 g/mol. The number of carboxylic acid groups (broad SMARTS) is 2. The highest BCUT2D eigenvalue weighted by atomic mass is 35.5. The first-order valence-electron chi connectivity index (χ1n) is 9.79. The molecule has 178 valence electrons. The number of hydrogen-bond donors (Lipinski definition) is 4. The van der Waals surface area contributed by atoms with Gasteiger partial charge in [-0.05, 0) is 25.7 Å². The minimum absolute atomic E-state index is 0. The normalized spacial score (nSPS) is 12.3. The van der Waals surface area contributed by atoms with Crippen LogP contribution in [0.25, 0.3) is 22.3 Å². The van der Waals surface area contributed by atoms with Crippen LogP contribution in [-0.4, -0.2) is 36.2 Å². The molecule has 0 fully saturated rings. The summed E-state index contributed by atoms with van der Waals surface area (Å²) in [7, 11) is 3.24. The van der Waals surface area contributed by atoms with Crippen molar-refractivity contribution in [3.05, 3.63) is 69.9 Å². The summed E-state index contributed by atoms with van der Waals surface area (Å²) in [5.41, 5.74) is 1.70. The number of nitrogens with one attached hydrogen (secondary N) is 2. The van der Waals surface area contributed by atoms with E-state index in [0.29, 0.717) is 27.8 Å². The summed E-state index contributed by atoms with van der Waals surface area (Å²) >= 11 is 0. The van der Waals surface area contributed by atoms with Crippen LogP contribution >= 0.6 is 24.8 Å². The van der Waals surface area contributed by atoms with Gasteiger partial charge in [0.2, 0.25) is 0 Å². The smallest absolute Gasteiger partial charge is 0.305 e. The monoisotopic (exact) mass is 496 g/mol. The van der Waals surface area contributed by atoms with Gasteiger partial charge in [-0.3, -0.25) is 14.4 Å². The molecular formula is C23H26Cl2N2O6. The number of carboxylic acids is 2. The summed E-state index contributed by atoms with van der Waals surface area (Å²) in [6.07, 6.45) is -0.494. The van der Waals surface area contributed by atoms with Gasteiger partial charge in [-0.25, -0.2) is 0 Å². The lowest BCUT2D eigenvalue weighted by Gasteiger charge is -2.24. The van der Waals surface area contributed by atoms with E-state index in [9.17, 15) is 24.6 Å². The molecule has 0 amide bonds. The lowest BCUT2D eigenvalue weighted by Crippen LogP contribution is -2.26. The first-order chi connectivity index (χ1) is 14.8. The standard InChI is InChI=1S/C23H24N2O6.2ClH/c1-24-16(10-20(27)28)14-8-9-15-18(26)12-19(13-6-4-3-5-7-13)31-23(15)22(14)17(25-2)11-21(29)30;;/h3-9,12,16-17,24-25H,10-11H2,1-2H3,(H,27,28)(H,29,30);2*1H. The third kappa shape index (κ3) is 6.33. The van der Waals surface area contributed by atoms with Crippen molar-refractivity contribution < 1.29 is 24.2 Å². The van der Waals surface area contributed by atoms with Gasteiger partial charge in [0, 0.05) is 29.3 Å². The molecular weight excluding hydrogens is 471 g/mol. The van der Waals surface area contributed by atoms with Crippen LogP contribution in [0.1, 0.15) is 36.1 Å². The molecule has 0 radical (unpaired) electrons. The molecule has 0 saturated carbocycles. The van der Waals surface area contributed by atoms with E-state index in [1.54, 1.807) is 38.4 Å². The fourth-order valence-corrected chi connectivity index (χ4v) is 3.73. The number of halogens is 2. The molecule has 2 atom stereocenters. The Morgan fingerprint density at radius 3 is 2.03 bits per heavy atom. The quantitative estimate of drug-likeness (QED) is 0.352. The number of hydrogen-bond acceptors (Lipinski definition) is 6. The summed E-state index contributed by atoms with van der Waals surface area (Å²) in [4.78, 5) is 35.8. The Hall–Kier alpha value is -2.91. The van der Waals surface area contributed by atoms with E-state index in [-0.39, 0.29) is 48.7 Å². The molecule has 3 rings (SSSR count). The van der Waals surface area contributed by atoms with Crippen LogP contribution in [0.4, 0.5) is 0 Å². The molecule has 0 spiro atoms. The van der Waals surface area contributed by atoms with Crippen molar-refractivity contribution in [2.45, 2.75) is 24.9 Å². The van der Waals surface area contributed by atoms with Gasteiger partial charge >= 0.3 is 11.9 Å². The molecule has 3 aromatic rings. The summed E-state index contributed by atoms with van der Waals surface area (Å²) in [6, 6.07) is 12.5. The second kappa shape index (κ2) is 12.4. The zero-order valence-corrected chi connectivity index (χ0v) is 19.7. The predicted octanol–water partition coefficient (Wildman–Crippen LogP) is 3.77. The molecule has 1 heterocycles. The molecule has 0 bridgehead atoms. The number of fused-ring (bicyclic) bond motifs is 1. The maximum absolute atomic E-state index is 12.9. The van der Waals surface area contributed by atoms with Crippen molar-refractivity contribution in [1.29, 1.82) is 0 Å². The molecule has 0 saturated heterocycles. The van der Waals surface area contributed by atoms with E-state index < -0.39 is 24.0 Å². The minimum Gasteiger partial charge on any atom is -0.481 e. The van der Waals surface area contributed by atoms with Gasteiger partial charge in [-0.2, -0.15) is 0 Å². The summed E-state index contributed by atoms with van der Waals surface area (Å²) in [6.45, 7) is 0. The van der Waals surface area contributed by atoms with Crippen molar-refractivity contribution in [3.8, 4) is 11.3 Å². The van der Waals surface area contributed by atoms with E-state index in [2.05, 4.69) is 10.6 Å². The summed E-state index contributed by atoms with van der Waals surface area (Å²) in [5, 5.41) is 25.0. The van der Waals surface area contributed by atoms with E-state index >= 15 is 0 Å². The highest BCUT2D eigenvalue weighted by Gasteiger charge is 2.27. The van der Waals surface area contributed by atoms with Crippen LogP contribution in [-0.2, 0) is 9.59 Å². The van der Waals surface area contributed by atoms with Gasteiger partial charge < -0.3 is 25.3 Å². The topological polar surface area (TPSA) is 129 Å². The molecule has 33 heavy (non-hydrogen) atoms. The fraction of sp³-hybridized carbons (Fsp3) is 0.261. The Morgan fingerprint density at radius 1 is 0.909 bits per heavy atom. The molecule has 0 aliphatic rings. The second-order valence-electron chi connectivity index (χ2n) is 7.16. The van der Waals surface area contributed by atoms with Gasteiger partial charge in [0.1, 0.15) is 11.3 Å². The number of carbonyl (C=O) groups is 2. The van der Waals surface area contributed by atoms with Crippen LogP contribution in [0.2, 0.25) is 0 Å². The minimum atomic E-state index is -1.04. The first-order valence-corrected chi connectivity index (χ1v) is 9.79. The first kappa shape index (κ1) is 28.1. The Morgan fingerprint density at radius 2 is 1.48 bits per heavy atom. The van der Waals surface area contributed by atoms with Crippen molar-refractivity contribution in [2.24, 2.45) is 0 Å². The van der Waals surface area contributed by atoms with Crippen molar-refractivity contribution in [3.63, 3.8) is 0 Å². The number of aliphatic carboxylic acids is 2. The molecule has 10 heteroatoms. The van der Waals surface area contributed by atoms with Crippen LogP contribution in [0.15, 0.2) is 57.7 Å². The Kier molecular flexibility index (Phi) is 10.5. The van der Waals surface area contributed by atoms with E-state index in [1.807, 2.05) is 18.2 Å². The molecule has 4 N–H and O–H groups in total. The van der Waals surface area contributed by atoms with Crippen LogP contribution in [0.3, 0.4) is 0 Å². The van der Waals surface area contributed by atoms with Crippen molar-refractivity contribution in [1.82, 2.24) is 10.6 Å². The lowest BCUT2D eigenvalue weighted by atomic mass is 9.90. The van der Waals surface area contributed by atoms with Gasteiger partial charge in [-0.15, -0.1) is 24.8 Å². The van der Waals surface area contributed by atoms with Crippen LogP contribution in [0, 0.1) is 0 Å². The van der Waals surface area contributed by atoms with E-state index in [4.69, 9.17) is 4.42 Å². The van der Waals surface area contributed by atoms with Gasteiger partial charge in [0.15, 0.2) is 5.43 Å². The summed E-state index contributed by atoms with van der Waals surface area (Å²) < 4.78 is 6.16. The predicted molar refractivity (Wildman–Crippen MR) is 131 cm³/mol. The van der Waals surface area contributed by atoms with Gasteiger partial charge in [0.25, 0.3) is 0 Å². The maximum atomic E-state index is 12.9. The summed E-state index contributed by atoms with van der Waals surface area (Å²) in [5.74, 6) is -1.70. The molecule has 0 aliphatic heterocycles. The van der Waals surface area contributed by atoms with E-state index in [0.717, 1.165) is 0 Å². The highest BCUT2D eigenvalue weighted by Crippen LogP contribution is 2.35. The third-order valence-electron chi connectivity index (χ3n) is 5.21. The molecule has 1 aromatic heterocycles. The van der Waals surface area contributed by atoms with Crippen LogP contribution in [0.5, 0.6) is 0 Å². The number of benzene rings is 2. The zero-order chi connectivity index (χ0) is 22.5. The van der Waals surface area contributed by atoms with Gasteiger partial charge in [-0.1, -0.05) is 36.4 Å². The second-order valence-corrected chi connectivity index (χ2v) is 7.16. The third-order valence-corrected chi connectivity index (χ3v) is 5.21. The molecule has 2 unspecified atom stereocenters. The largest absolute Gasteiger partial charge is 0.481 e. The average Bonchev–Trinajstić information content (AvgIpc) is 2.75. The molecule has 2 aromatic carbocycles. The van der Waals surface area contributed by atoms with Gasteiger partial charge in [0.05, 0.1) is 18.2 Å². The molecule has 8 nitrogen and oxygen atoms in total. The van der Waals surface area contributed by atoms with Crippen molar-refractivity contribution in [2.75, 3.05) is 14.1 Å². The highest BCUT2D eigenvalue weighted by molar-refractivity contribution is 5.86. The van der Waals surface area contributed by atoms with Crippen molar-refractivity contribution >= 4 is 47.7 Å². The Bertz CT molecular complexity index is 1170. The Labute approximate surface area is 202 Å². The molecule has 0 aliphatic carbocycles. The maximum Gasteiger partial charge on any atom is 0.305 e. The Balaban J connectivity index is 0.00000272. The fourth-order valence-electron chi connectivity index (χ4n) is 3.73. The SMILES string of the molecule is CNC(CC(=O)O)c1ccc2c(=O)cc(-c3ccccc3)oc2c1C(CC(=O)O)NC.Cl.Cl.